The lowest BCUT2D eigenvalue weighted by Crippen LogP contribution is -2.50. The monoisotopic (exact) mass is 1040 g/mol. The van der Waals surface area contributed by atoms with E-state index in [0.717, 1.165) is 82.9 Å². The Balaban J connectivity index is 0.000000391. The zero-order chi connectivity index (χ0) is 52.9. The SMILES string of the molecule is C.C.CCCNc1nc(Nc2cccc(F)c2)ncc1C#C[C@@H]1CCC[C@H](NC(=O)[C@H](C)N(C)C(=O)OC(C)(C)C)C1.CCCNc1nc(Nc2cccc(F)c2)ncc1C#C[C@@H]1CCC[C@H](NC(=O)[C@H](C)NC)C1. The fraction of sp³-hybridized carbons (Fsp3) is 0.526. The van der Waals surface area contributed by atoms with Gasteiger partial charge in [-0.05, 0) is 129 Å². The van der Waals surface area contributed by atoms with Crippen LogP contribution >= 0.6 is 0 Å². The standard InChI is InChI=1S/C30H41FN6O3.C25H33FN6O.2CH4/c1-7-16-32-26-22(19-33-28(36-26)35-25-13-9-11-23(31)18-25)15-14-21-10-8-12-24(17-21)34-27(38)20(2)37(6)29(39)40-30(3,4)5;1-4-13-28-23-19(16-29-25(32-23)31-22-10-6-8-20(26)15-22)12-11-18-7-5-9-21(14-18)30-24(33)17(2)27-3;;/h9,11,13,18-21,24H,7-8,10,12,16-17H2,1-6H3,(H,34,38)(H2,32,33,35,36);6,8,10,15-18,21,27H,4-5,7,9,13-14H2,1-3H3,(H,30,33)(H2,28,29,31,32);2*1H4/t20-,21-,24-;17-,18-,21-;;/m00../s1. The number of nitrogens with one attached hydrogen (secondary N) is 7. The summed E-state index contributed by atoms with van der Waals surface area (Å²) in [5, 5.41) is 21.9. The molecule has 0 radical (unpaired) electrons. The molecule has 16 nitrogen and oxygen atoms in total. The van der Waals surface area contributed by atoms with Gasteiger partial charge in [-0.3, -0.25) is 14.5 Å². The molecule has 0 unspecified atom stereocenters. The van der Waals surface area contributed by atoms with Gasteiger partial charge in [0.1, 0.15) is 34.9 Å². The molecule has 0 aliphatic heterocycles. The zero-order valence-corrected chi connectivity index (χ0v) is 43.8. The summed E-state index contributed by atoms with van der Waals surface area (Å²) in [6.45, 7) is 14.5. The highest BCUT2D eigenvalue weighted by Gasteiger charge is 2.30. The maximum absolute atomic E-state index is 13.6. The molecule has 0 spiro atoms. The van der Waals surface area contributed by atoms with Crippen LogP contribution in [0, 0.1) is 47.2 Å². The Labute approximate surface area is 445 Å². The molecular weight excluding hydrogens is 955 g/mol. The summed E-state index contributed by atoms with van der Waals surface area (Å²) in [6, 6.07) is 11.5. The zero-order valence-electron chi connectivity index (χ0n) is 43.8. The molecular formula is C57H82F2N12O4. The Morgan fingerprint density at radius 2 is 1.19 bits per heavy atom. The van der Waals surface area contributed by atoms with Crippen LogP contribution in [0.4, 0.5) is 48.5 Å². The highest BCUT2D eigenvalue weighted by Crippen LogP contribution is 2.27. The average molecular weight is 1040 g/mol. The molecule has 0 bridgehead atoms. The smallest absolute Gasteiger partial charge is 0.410 e. The van der Waals surface area contributed by atoms with Crippen molar-refractivity contribution in [2.75, 3.05) is 48.5 Å². The molecule has 408 valence electrons. The minimum absolute atomic E-state index is 0. The third-order valence-corrected chi connectivity index (χ3v) is 12.2. The van der Waals surface area contributed by atoms with Gasteiger partial charge in [0.15, 0.2) is 0 Å². The van der Waals surface area contributed by atoms with Gasteiger partial charge in [0, 0.05) is 55.4 Å². The molecule has 2 aromatic carbocycles. The van der Waals surface area contributed by atoms with Gasteiger partial charge in [0.05, 0.1) is 29.6 Å². The highest BCUT2D eigenvalue weighted by molar-refractivity contribution is 5.85. The van der Waals surface area contributed by atoms with Crippen LogP contribution in [0.25, 0.3) is 0 Å². The first-order valence-corrected chi connectivity index (χ1v) is 25.5. The van der Waals surface area contributed by atoms with E-state index in [4.69, 9.17) is 4.74 Å². The van der Waals surface area contributed by atoms with Crippen molar-refractivity contribution in [3.8, 4) is 23.7 Å². The van der Waals surface area contributed by atoms with Crippen molar-refractivity contribution in [1.82, 2.24) is 40.8 Å². The number of rotatable bonds is 16. The second-order valence-electron chi connectivity index (χ2n) is 19.5. The van der Waals surface area contributed by atoms with Crippen LogP contribution in [0.2, 0.25) is 0 Å². The number of carbonyl (C=O) groups is 3. The molecule has 7 N–H and O–H groups in total. The molecule has 6 rings (SSSR count). The summed E-state index contributed by atoms with van der Waals surface area (Å²) < 4.78 is 32.4. The van der Waals surface area contributed by atoms with Crippen molar-refractivity contribution in [2.24, 2.45) is 11.8 Å². The molecule has 18 heteroatoms. The van der Waals surface area contributed by atoms with Crippen molar-refractivity contribution < 1.29 is 27.9 Å². The average Bonchev–Trinajstić information content (AvgIpc) is 3.36. The summed E-state index contributed by atoms with van der Waals surface area (Å²) in [6.07, 6.45) is 12.0. The number of carbonyl (C=O) groups excluding carboxylic acids is 3. The van der Waals surface area contributed by atoms with Crippen LogP contribution in [-0.4, -0.2) is 99.7 Å². The van der Waals surface area contributed by atoms with Gasteiger partial charge in [-0.15, -0.1) is 0 Å². The number of amides is 3. The minimum atomic E-state index is -0.662. The molecule has 2 aliphatic carbocycles. The number of anilines is 6. The molecule has 2 aromatic heterocycles. The molecule has 2 heterocycles. The quantitative estimate of drug-likeness (QED) is 0.0524. The molecule has 4 aromatic rings. The summed E-state index contributed by atoms with van der Waals surface area (Å²) >= 11 is 0. The van der Waals surface area contributed by atoms with E-state index < -0.39 is 17.7 Å². The van der Waals surface area contributed by atoms with Gasteiger partial charge >= 0.3 is 6.09 Å². The van der Waals surface area contributed by atoms with Crippen LogP contribution in [0.5, 0.6) is 0 Å². The summed E-state index contributed by atoms with van der Waals surface area (Å²) in [4.78, 5) is 56.6. The predicted octanol–water partition coefficient (Wildman–Crippen LogP) is 10.6. The van der Waals surface area contributed by atoms with Crippen LogP contribution in [0.1, 0.15) is 139 Å². The fourth-order valence-electron chi connectivity index (χ4n) is 7.92. The molecule has 75 heavy (non-hydrogen) atoms. The number of ether oxygens (including phenoxy) is 1. The van der Waals surface area contributed by atoms with Gasteiger partial charge in [-0.25, -0.2) is 23.5 Å². The third kappa shape index (κ3) is 21.0. The largest absolute Gasteiger partial charge is 0.444 e. The summed E-state index contributed by atoms with van der Waals surface area (Å²) in [5.74, 6) is 14.7. The van der Waals surface area contributed by atoms with E-state index in [1.165, 1.54) is 29.2 Å². The first-order chi connectivity index (χ1) is 34.9. The number of halogens is 2. The van der Waals surface area contributed by atoms with E-state index in [2.05, 4.69) is 94.7 Å². The first kappa shape index (κ1) is 62.2. The second-order valence-corrected chi connectivity index (χ2v) is 19.5. The van der Waals surface area contributed by atoms with E-state index in [0.29, 0.717) is 40.5 Å². The van der Waals surface area contributed by atoms with Crippen molar-refractivity contribution in [3.05, 3.63) is 83.7 Å². The summed E-state index contributed by atoms with van der Waals surface area (Å²) in [5.41, 5.74) is 1.91. The van der Waals surface area contributed by atoms with E-state index in [1.54, 1.807) is 78.4 Å². The van der Waals surface area contributed by atoms with Gasteiger partial charge in [-0.1, -0.05) is 77.4 Å². The maximum Gasteiger partial charge on any atom is 0.410 e. The van der Waals surface area contributed by atoms with Crippen molar-refractivity contribution >= 4 is 52.8 Å². The van der Waals surface area contributed by atoms with Crippen LogP contribution in [0.3, 0.4) is 0 Å². The number of hydrogen-bond acceptors (Lipinski definition) is 13. The van der Waals surface area contributed by atoms with Gasteiger partial charge in [0.2, 0.25) is 23.7 Å². The lowest BCUT2D eigenvalue weighted by molar-refractivity contribution is -0.126. The lowest BCUT2D eigenvalue weighted by Gasteiger charge is -2.31. The van der Waals surface area contributed by atoms with E-state index in [1.807, 2.05) is 6.92 Å². The Bertz CT molecular complexity index is 2590. The number of nitrogens with zero attached hydrogens (tertiary/aromatic N) is 5. The van der Waals surface area contributed by atoms with E-state index in [-0.39, 0.29) is 68.3 Å². The second kappa shape index (κ2) is 31.0. The maximum atomic E-state index is 13.6. The van der Waals surface area contributed by atoms with E-state index in [9.17, 15) is 23.2 Å². The Morgan fingerprint density at radius 1 is 0.733 bits per heavy atom. The number of likely N-dealkylation sites (N-methyl/N-ethyl adjacent to an activating group) is 2. The molecule has 2 fully saturated rings. The van der Waals surface area contributed by atoms with Crippen molar-refractivity contribution in [2.45, 2.75) is 157 Å². The minimum Gasteiger partial charge on any atom is -0.444 e. The molecule has 0 saturated heterocycles. The topological polar surface area (TPSA) is 199 Å². The summed E-state index contributed by atoms with van der Waals surface area (Å²) in [7, 11) is 3.35. The van der Waals surface area contributed by atoms with Crippen LogP contribution in [-0.2, 0) is 14.3 Å². The van der Waals surface area contributed by atoms with Gasteiger partial charge in [-0.2, -0.15) is 9.97 Å². The van der Waals surface area contributed by atoms with Crippen molar-refractivity contribution in [3.63, 3.8) is 0 Å². The number of aromatic nitrogens is 4. The Hall–Kier alpha value is -7.05. The van der Waals surface area contributed by atoms with Gasteiger partial charge < -0.3 is 42.0 Å². The molecule has 2 aliphatic rings. The predicted molar refractivity (Wildman–Crippen MR) is 298 cm³/mol. The normalized spacial score (nSPS) is 17.5. The Morgan fingerprint density at radius 3 is 1.60 bits per heavy atom. The third-order valence-electron chi connectivity index (χ3n) is 12.2. The number of hydrogen-bond donors (Lipinski definition) is 7. The fourth-order valence-corrected chi connectivity index (χ4v) is 7.92. The van der Waals surface area contributed by atoms with Crippen LogP contribution < -0.4 is 37.2 Å². The van der Waals surface area contributed by atoms with E-state index >= 15 is 0 Å². The van der Waals surface area contributed by atoms with Crippen molar-refractivity contribution in [1.29, 1.82) is 0 Å². The lowest BCUT2D eigenvalue weighted by atomic mass is 9.86. The Kier molecular flexibility index (Phi) is 25.7. The first-order valence-electron chi connectivity index (χ1n) is 25.5. The van der Waals surface area contributed by atoms with Gasteiger partial charge in [0.25, 0.3) is 0 Å². The highest BCUT2D eigenvalue weighted by atomic mass is 19.1. The number of benzene rings is 2. The molecule has 3 amide bonds. The molecule has 6 atom stereocenters. The van der Waals surface area contributed by atoms with Crippen LogP contribution in [0.15, 0.2) is 60.9 Å². The molecule has 2 saturated carbocycles.